The van der Waals surface area contributed by atoms with Gasteiger partial charge in [0, 0.05) is 18.4 Å². The number of benzene rings is 1. The molecule has 1 aliphatic carbocycles. The molecular formula is C19H26O3. The molecule has 3 nitrogen and oxygen atoms in total. The van der Waals surface area contributed by atoms with Crippen molar-refractivity contribution in [3.05, 3.63) is 35.4 Å². The number of esters is 1. The van der Waals surface area contributed by atoms with E-state index in [4.69, 9.17) is 0 Å². The van der Waals surface area contributed by atoms with Crippen molar-refractivity contribution < 1.29 is 14.3 Å². The first-order valence-electron chi connectivity index (χ1n) is 8.38. The summed E-state index contributed by atoms with van der Waals surface area (Å²) in [6, 6.07) is 7.84. The molecule has 1 aliphatic rings. The quantitative estimate of drug-likeness (QED) is 0.530. The van der Waals surface area contributed by atoms with Crippen LogP contribution in [0.4, 0.5) is 0 Å². The van der Waals surface area contributed by atoms with Gasteiger partial charge in [-0.15, -0.1) is 0 Å². The summed E-state index contributed by atoms with van der Waals surface area (Å²) in [7, 11) is 1.41. The maximum absolute atomic E-state index is 12.2. The molecule has 0 aromatic heterocycles. The van der Waals surface area contributed by atoms with E-state index < -0.39 is 0 Å². The second-order valence-corrected chi connectivity index (χ2v) is 6.24. The summed E-state index contributed by atoms with van der Waals surface area (Å²) >= 11 is 0. The number of Topliss-reactive ketones (excluding diaryl/α,β-unsaturated/α-hetero) is 1. The monoisotopic (exact) mass is 302 g/mol. The second kappa shape index (κ2) is 8.72. The summed E-state index contributed by atoms with van der Waals surface area (Å²) in [5.41, 5.74) is 1.98. The van der Waals surface area contributed by atoms with Gasteiger partial charge < -0.3 is 4.74 Å². The van der Waals surface area contributed by atoms with E-state index in [-0.39, 0.29) is 11.8 Å². The van der Waals surface area contributed by atoms with Gasteiger partial charge in [0.2, 0.25) is 0 Å². The van der Waals surface area contributed by atoms with Crippen LogP contribution in [0, 0.1) is 5.92 Å². The fourth-order valence-electron chi connectivity index (χ4n) is 3.17. The van der Waals surface area contributed by atoms with E-state index in [1.165, 1.54) is 32.8 Å². The third-order valence-corrected chi connectivity index (χ3v) is 4.60. The van der Waals surface area contributed by atoms with Crippen molar-refractivity contribution in [3.8, 4) is 0 Å². The number of methoxy groups -OCH3 is 1. The van der Waals surface area contributed by atoms with Crippen LogP contribution in [-0.2, 0) is 16.0 Å². The van der Waals surface area contributed by atoms with Gasteiger partial charge in [-0.1, -0.05) is 49.9 Å². The third kappa shape index (κ3) is 5.28. The Labute approximate surface area is 133 Å². The number of rotatable bonds is 8. The van der Waals surface area contributed by atoms with E-state index in [0.717, 1.165) is 36.3 Å². The molecule has 0 N–H and O–H groups in total. The van der Waals surface area contributed by atoms with Gasteiger partial charge in [0.05, 0.1) is 7.11 Å². The lowest BCUT2D eigenvalue weighted by atomic mass is 9.96. The normalized spacial score (nSPS) is 15.0. The highest BCUT2D eigenvalue weighted by atomic mass is 16.5. The molecule has 0 radical (unpaired) electrons. The molecule has 0 saturated heterocycles. The van der Waals surface area contributed by atoms with Crippen LogP contribution in [0.15, 0.2) is 24.3 Å². The van der Waals surface area contributed by atoms with Gasteiger partial charge >= 0.3 is 5.97 Å². The standard InChI is InChI=1S/C19H26O3/c1-22-19(21)8-4-7-16-9-12-17(13-10-16)18(20)14-11-15-5-2-3-6-15/h9-10,12-13,15H,2-8,11,14H2,1H3. The molecule has 1 saturated carbocycles. The predicted octanol–water partition coefficient (Wildman–Crippen LogP) is 4.34. The van der Waals surface area contributed by atoms with Crippen LogP contribution < -0.4 is 0 Å². The first kappa shape index (κ1) is 16.7. The molecule has 1 aromatic rings. The number of hydrogen-bond acceptors (Lipinski definition) is 3. The number of ether oxygens (including phenoxy) is 1. The predicted molar refractivity (Wildman–Crippen MR) is 86.9 cm³/mol. The Morgan fingerprint density at radius 1 is 1.09 bits per heavy atom. The number of hydrogen-bond donors (Lipinski definition) is 0. The Hall–Kier alpha value is -1.64. The SMILES string of the molecule is COC(=O)CCCc1ccc(C(=O)CCC2CCCC2)cc1. The number of aryl methyl sites for hydroxylation is 1. The molecule has 0 amide bonds. The fraction of sp³-hybridized carbons (Fsp3) is 0.579. The number of ketones is 1. The van der Waals surface area contributed by atoms with Gasteiger partial charge in [-0.3, -0.25) is 9.59 Å². The lowest BCUT2D eigenvalue weighted by Gasteiger charge is -2.08. The maximum Gasteiger partial charge on any atom is 0.305 e. The van der Waals surface area contributed by atoms with Gasteiger partial charge in [0.15, 0.2) is 5.78 Å². The Kier molecular flexibility index (Phi) is 6.63. The lowest BCUT2D eigenvalue weighted by molar-refractivity contribution is -0.140. The average molecular weight is 302 g/mol. The third-order valence-electron chi connectivity index (χ3n) is 4.60. The Balaban J connectivity index is 1.75. The molecule has 0 aliphatic heterocycles. The van der Waals surface area contributed by atoms with Gasteiger partial charge in [-0.25, -0.2) is 0 Å². The van der Waals surface area contributed by atoms with E-state index in [1.54, 1.807) is 0 Å². The molecule has 0 unspecified atom stereocenters. The largest absolute Gasteiger partial charge is 0.469 e. The van der Waals surface area contributed by atoms with Crippen molar-refractivity contribution in [2.75, 3.05) is 7.11 Å². The van der Waals surface area contributed by atoms with E-state index in [9.17, 15) is 9.59 Å². The fourth-order valence-corrected chi connectivity index (χ4v) is 3.17. The first-order valence-corrected chi connectivity index (χ1v) is 8.38. The molecule has 2 rings (SSSR count). The molecule has 1 fully saturated rings. The van der Waals surface area contributed by atoms with E-state index in [0.29, 0.717) is 12.8 Å². The molecule has 0 spiro atoms. The summed E-state index contributed by atoms with van der Waals surface area (Å²) in [5, 5.41) is 0. The number of carbonyl (C=O) groups is 2. The van der Waals surface area contributed by atoms with Gasteiger partial charge in [0.25, 0.3) is 0 Å². The Bertz CT molecular complexity index is 484. The van der Waals surface area contributed by atoms with Crippen molar-refractivity contribution >= 4 is 11.8 Å². The Morgan fingerprint density at radius 2 is 1.77 bits per heavy atom. The van der Waals surface area contributed by atoms with Crippen LogP contribution >= 0.6 is 0 Å². The Morgan fingerprint density at radius 3 is 2.41 bits per heavy atom. The molecule has 1 aromatic carbocycles. The molecule has 0 bridgehead atoms. The zero-order chi connectivity index (χ0) is 15.8. The minimum absolute atomic E-state index is 0.168. The number of carbonyl (C=O) groups excluding carboxylic acids is 2. The van der Waals surface area contributed by atoms with Crippen molar-refractivity contribution in [3.63, 3.8) is 0 Å². The van der Waals surface area contributed by atoms with Crippen LogP contribution in [0.5, 0.6) is 0 Å². The second-order valence-electron chi connectivity index (χ2n) is 6.24. The molecule has 22 heavy (non-hydrogen) atoms. The molecule has 120 valence electrons. The highest BCUT2D eigenvalue weighted by Gasteiger charge is 2.16. The van der Waals surface area contributed by atoms with Gasteiger partial charge in [0.1, 0.15) is 0 Å². The lowest BCUT2D eigenvalue weighted by Crippen LogP contribution is -2.03. The van der Waals surface area contributed by atoms with Crippen molar-refractivity contribution in [2.45, 2.75) is 57.8 Å². The smallest absolute Gasteiger partial charge is 0.305 e. The zero-order valence-corrected chi connectivity index (χ0v) is 13.5. The van der Waals surface area contributed by atoms with E-state index >= 15 is 0 Å². The van der Waals surface area contributed by atoms with Crippen molar-refractivity contribution in [1.82, 2.24) is 0 Å². The zero-order valence-electron chi connectivity index (χ0n) is 13.5. The highest BCUT2D eigenvalue weighted by Crippen LogP contribution is 2.29. The minimum atomic E-state index is -0.168. The van der Waals surface area contributed by atoms with E-state index in [2.05, 4.69) is 4.74 Å². The van der Waals surface area contributed by atoms with Crippen LogP contribution in [0.25, 0.3) is 0 Å². The van der Waals surface area contributed by atoms with Crippen LogP contribution in [0.2, 0.25) is 0 Å². The maximum atomic E-state index is 12.2. The highest BCUT2D eigenvalue weighted by molar-refractivity contribution is 5.96. The minimum Gasteiger partial charge on any atom is -0.469 e. The van der Waals surface area contributed by atoms with Crippen molar-refractivity contribution in [2.24, 2.45) is 5.92 Å². The molecular weight excluding hydrogens is 276 g/mol. The van der Waals surface area contributed by atoms with Crippen LogP contribution in [0.1, 0.15) is 67.3 Å². The van der Waals surface area contributed by atoms with Crippen LogP contribution in [-0.4, -0.2) is 18.9 Å². The average Bonchev–Trinajstić information content (AvgIpc) is 3.06. The van der Waals surface area contributed by atoms with Gasteiger partial charge in [-0.2, -0.15) is 0 Å². The summed E-state index contributed by atoms with van der Waals surface area (Å²) in [4.78, 5) is 23.3. The summed E-state index contributed by atoms with van der Waals surface area (Å²) in [6.45, 7) is 0. The molecule has 3 heteroatoms. The topological polar surface area (TPSA) is 43.4 Å². The summed E-state index contributed by atoms with van der Waals surface area (Å²) < 4.78 is 4.62. The van der Waals surface area contributed by atoms with Gasteiger partial charge in [-0.05, 0) is 30.7 Å². The molecule has 0 atom stereocenters. The summed E-state index contributed by atoms with van der Waals surface area (Å²) in [6.07, 6.45) is 9.04. The van der Waals surface area contributed by atoms with Crippen molar-refractivity contribution in [1.29, 1.82) is 0 Å². The first-order chi connectivity index (χ1) is 10.7. The van der Waals surface area contributed by atoms with Crippen LogP contribution in [0.3, 0.4) is 0 Å². The summed E-state index contributed by atoms with van der Waals surface area (Å²) in [5.74, 6) is 0.855. The van der Waals surface area contributed by atoms with E-state index in [1.807, 2.05) is 24.3 Å². The molecule has 0 heterocycles.